The van der Waals surface area contributed by atoms with E-state index in [-0.39, 0.29) is 11.9 Å². The van der Waals surface area contributed by atoms with Gasteiger partial charge in [0.05, 0.1) is 12.1 Å². The number of nitrogens with zero attached hydrogens (tertiary/aromatic N) is 1. The summed E-state index contributed by atoms with van der Waals surface area (Å²) in [6, 6.07) is 6.15. The van der Waals surface area contributed by atoms with E-state index >= 15 is 0 Å². The molecular formula is C18H28N2O2. The maximum atomic E-state index is 12.4. The van der Waals surface area contributed by atoms with Crippen molar-refractivity contribution in [3.63, 3.8) is 0 Å². The lowest BCUT2D eigenvalue weighted by atomic mass is 9.97. The molecule has 22 heavy (non-hydrogen) atoms. The molecule has 1 heterocycles. The predicted molar refractivity (Wildman–Crippen MR) is 90.1 cm³/mol. The third kappa shape index (κ3) is 3.87. The van der Waals surface area contributed by atoms with Crippen LogP contribution in [0.25, 0.3) is 0 Å². The first-order chi connectivity index (χ1) is 10.3. The van der Waals surface area contributed by atoms with Crippen LogP contribution in [0.5, 0.6) is 0 Å². The Kier molecular flexibility index (Phi) is 5.24. The lowest BCUT2D eigenvalue weighted by Crippen LogP contribution is -2.48. The molecule has 4 nitrogen and oxygen atoms in total. The summed E-state index contributed by atoms with van der Waals surface area (Å²) < 4.78 is 0. The maximum Gasteiger partial charge on any atom is 0.238 e. The summed E-state index contributed by atoms with van der Waals surface area (Å²) >= 11 is 0. The minimum atomic E-state index is -0.770. The zero-order chi connectivity index (χ0) is 16.3. The summed E-state index contributed by atoms with van der Waals surface area (Å²) in [5, 5.41) is 13.3. The summed E-state index contributed by atoms with van der Waals surface area (Å²) in [6.07, 6.45) is 2.88. The lowest BCUT2D eigenvalue weighted by Gasteiger charge is -2.33. The Hall–Kier alpha value is -1.39. The fourth-order valence-electron chi connectivity index (χ4n) is 3.38. The van der Waals surface area contributed by atoms with Crippen LogP contribution in [0.15, 0.2) is 18.2 Å². The van der Waals surface area contributed by atoms with Gasteiger partial charge in [0.1, 0.15) is 0 Å². The van der Waals surface area contributed by atoms with Crippen molar-refractivity contribution in [1.82, 2.24) is 4.90 Å². The molecule has 1 aliphatic rings. The SMILES string of the molecule is CCc1cccc(C)c1NC(=O)CN1CCCC1C(C)(C)O. The Labute approximate surface area is 133 Å². The molecule has 0 aliphatic carbocycles. The number of aliphatic hydroxyl groups is 1. The van der Waals surface area contributed by atoms with Crippen LogP contribution in [0, 0.1) is 6.92 Å². The molecule has 0 aromatic heterocycles. The van der Waals surface area contributed by atoms with Crippen LogP contribution < -0.4 is 5.32 Å². The average Bonchev–Trinajstić information content (AvgIpc) is 2.89. The third-order valence-electron chi connectivity index (χ3n) is 4.53. The number of likely N-dealkylation sites (tertiary alicyclic amines) is 1. The maximum absolute atomic E-state index is 12.4. The van der Waals surface area contributed by atoms with Gasteiger partial charge in [0, 0.05) is 11.7 Å². The molecule has 0 radical (unpaired) electrons. The topological polar surface area (TPSA) is 52.6 Å². The standard InChI is InChI=1S/C18H28N2O2/c1-5-14-9-6-8-13(2)17(14)19-16(21)12-20-11-7-10-15(20)18(3,4)22/h6,8-9,15,22H,5,7,10-12H2,1-4H3,(H,19,21). The molecule has 1 fully saturated rings. The van der Waals surface area contributed by atoms with Crippen LogP contribution in [0.2, 0.25) is 0 Å². The van der Waals surface area contributed by atoms with Crippen LogP contribution in [-0.4, -0.2) is 40.6 Å². The second kappa shape index (κ2) is 6.80. The molecule has 1 amide bonds. The van der Waals surface area contributed by atoms with Gasteiger partial charge in [-0.25, -0.2) is 0 Å². The molecular weight excluding hydrogens is 276 g/mol. The molecule has 0 bridgehead atoms. The van der Waals surface area contributed by atoms with E-state index in [1.165, 1.54) is 0 Å². The molecule has 1 saturated heterocycles. The minimum Gasteiger partial charge on any atom is -0.389 e. The quantitative estimate of drug-likeness (QED) is 0.879. The molecule has 1 unspecified atom stereocenters. The molecule has 1 atom stereocenters. The van der Waals surface area contributed by atoms with E-state index in [1.807, 2.05) is 32.9 Å². The highest BCUT2D eigenvalue weighted by Gasteiger charge is 2.36. The van der Waals surface area contributed by atoms with Crippen molar-refractivity contribution in [2.24, 2.45) is 0 Å². The summed E-state index contributed by atoms with van der Waals surface area (Å²) in [7, 11) is 0. The third-order valence-corrected chi connectivity index (χ3v) is 4.53. The van der Waals surface area contributed by atoms with Gasteiger partial charge in [-0.2, -0.15) is 0 Å². The number of benzene rings is 1. The number of anilines is 1. The van der Waals surface area contributed by atoms with Crippen LogP contribution >= 0.6 is 0 Å². The van der Waals surface area contributed by atoms with Crippen molar-refractivity contribution in [2.75, 3.05) is 18.4 Å². The molecule has 1 aliphatic heterocycles. The van der Waals surface area contributed by atoms with Gasteiger partial charge in [-0.3, -0.25) is 9.69 Å². The van der Waals surface area contributed by atoms with Crippen molar-refractivity contribution in [3.05, 3.63) is 29.3 Å². The van der Waals surface area contributed by atoms with Gasteiger partial charge in [0.2, 0.25) is 5.91 Å². The van der Waals surface area contributed by atoms with Crippen LogP contribution in [0.4, 0.5) is 5.69 Å². The second-order valence-corrected chi connectivity index (χ2v) is 6.79. The first kappa shape index (κ1) is 17.0. The summed E-state index contributed by atoms with van der Waals surface area (Å²) in [5.41, 5.74) is 2.42. The summed E-state index contributed by atoms with van der Waals surface area (Å²) in [4.78, 5) is 14.5. The van der Waals surface area contributed by atoms with E-state index in [9.17, 15) is 9.90 Å². The van der Waals surface area contributed by atoms with Gasteiger partial charge in [-0.05, 0) is 57.7 Å². The van der Waals surface area contributed by atoms with E-state index in [1.54, 1.807) is 0 Å². The van der Waals surface area contributed by atoms with Gasteiger partial charge < -0.3 is 10.4 Å². The monoisotopic (exact) mass is 304 g/mol. The Bertz CT molecular complexity index is 534. The van der Waals surface area contributed by atoms with Gasteiger partial charge in [0.25, 0.3) is 0 Å². The van der Waals surface area contributed by atoms with Crippen molar-refractivity contribution >= 4 is 11.6 Å². The van der Waals surface area contributed by atoms with E-state index in [2.05, 4.69) is 23.2 Å². The number of rotatable bonds is 5. The number of nitrogens with one attached hydrogen (secondary N) is 1. The molecule has 4 heteroatoms. The van der Waals surface area contributed by atoms with E-state index in [0.717, 1.165) is 42.6 Å². The smallest absolute Gasteiger partial charge is 0.238 e. The number of hydrogen-bond acceptors (Lipinski definition) is 3. The average molecular weight is 304 g/mol. The summed E-state index contributed by atoms with van der Waals surface area (Å²) in [6.45, 7) is 8.97. The highest BCUT2D eigenvalue weighted by Crippen LogP contribution is 2.27. The Morgan fingerprint density at radius 2 is 2.18 bits per heavy atom. The van der Waals surface area contributed by atoms with Crippen molar-refractivity contribution in [1.29, 1.82) is 0 Å². The zero-order valence-electron chi connectivity index (χ0n) is 14.1. The molecule has 2 rings (SSSR count). The highest BCUT2D eigenvalue weighted by molar-refractivity contribution is 5.93. The van der Waals surface area contributed by atoms with Crippen molar-refractivity contribution in [2.45, 2.75) is 58.6 Å². The number of para-hydroxylation sites is 1. The van der Waals surface area contributed by atoms with E-state index < -0.39 is 5.60 Å². The van der Waals surface area contributed by atoms with Gasteiger partial charge in [-0.1, -0.05) is 25.1 Å². The van der Waals surface area contributed by atoms with Gasteiger partial charge in [0.15, 0.2) is 0 Å². The minimum absolute atomic E-state index is 0.000139. The number of hydrogen-bond donors (Lipinski definition) is 2. The Morgan fingerprint density at radius 1 is 1.45 bits per heavy atom. The molecule has 0 spiro atoms. The summed E-state index contributed by atoms with van der Waals surface area (Å²) in [5.74, 6) is 0.000139. The normalized spacial score (nSPS) is 19.4. The van der Waals surface area contributed by atoms with Crippen molar-refractivity contribution in [3.8, 4) is 0 Å². The first-order valence-corrected chi connectivity index (χ1v) is 8.17. The fraction of sp³-hybridized carbons (Fsp3) is 0.611. The Morgan fingerprint density at radius 3 is 2.82 bits per heavy atom. The zero-order valence-corrected chi connectivity index (χ0v) is 14.1. The molecule has 122 valence electrons. The van der Waals surface area contributed by atoms with E-state index in [4.69, 9.17) is 0 Å². The number of amides is 1. The second-order valence-electron chi connectivity index (χ2n) is 6.79. The van der Waals surface area contributed by atoms with Gasteiger partial charge >= 0.3 is 0 Å². The molecule has 1 aromatic rings. The number of carbonyl (C=O) groups excluding carboxylic acids is 1. The van der Waals surface area contributed by atoms with E-state index in [0.29, 0.717) is 6.54 Å². The number of aryl methyl sites for hydroxylation is 2. The predicted octanol–water partition coefficient (Wildman–Crippen LogP) is 2.73. The fourth-order valence-corrected chi connectivity index (χ4v) is 3.38. The number of carbonyl (C=O) groups is 1. The Balaban J connectivity index is 2.05. The van der Waals surface area contributed by atoms with Crippen LogP contribution in [-0.2, 0) is 11.2 Å². The van der Waals surface area contributed by atoms with Crippen LogP contribution in [0.1, 0.15) is 44.7 Å². The molecule has 2 N–H and O–H groups in total. The largest absolute Gasteiger partial charge is 0.389 e. The van der Waals surface area contributed by atoms with Crippen LogP contribution in [0.3, 0.4) is 0 Å². The van der Waals surface area contributed by atoms with Gasteiger partial charge in [-0.15, -0.1) is 0 Å². The molecule has 0 saturated carbocycles. The molecule has 1 aromatic carbocycles. The highest BCUT2D eigenvalue weighted by atomic mass is 16.3. The lowest BCUT2D eigenvalue weighted by molar-refractivity contribution is -0.118. The first-order valence-electron chi connectivity index (χ1n) is 8.17. The van der Waals surface area contributed by atoms with Crippen molar-refractivity contribution < 1.29 is 9.90 Å².